The quantitative estimate of drug-likeness (QED) is 0.288. The molecule has 0 spiro atoms. The van der Waals surface area contributed by atoms with E-state index in [1.807, 2.05) is 12.3 Å². The van der Waals surface area contributed by atoms with Gasteiger partial charge in [-0.2, -0.15) is 11.8 Å². The van der Waals surface area contributed by atoms with Crippen LogP contribution in [0.5, 0.6) is 0 Å². The molecule has 0 bridgehead atoms. The van der Waals surface area contributed by atoms with Crippen molar-refractivity contribution < 1.29 is 4.79 Å². The highest BCUT2D eigenvalue weighted by Crippen LogP contribution is 2.36. The summed E-state index contributed by atoms with van der Waals surface area (Å²) in [5.74, 6) is -0.135. The van der Waals surface area contributed by atoms with Crippen LogP contribution < -0.4 is 5.32 Å². The maximum Gasteiger partial charge on any atom is 0.275 e. The van der Waals surface area contributed by atoms with Gasteiger partial charge in [0, 0.05) is 5.08 Å². The van der Waals surface area contributed by atoms with Gasteiger partial charge < -0.3 is 0 Å². The Morgan fingerprint density at radius 1 is 0.963 bits per heavy atom. The number of aliphatic imine (C=N–C) groups is 1. The first-order valence-electron chi connectivity index (χ1n) is 8.64. The predicted octanol–water partition coefficient (Wildman–Crippen LogP) is 5.46. The minimum Gasteiger partial charge on any atom is -0.300 e. The molecule has 4 aromatic carbocycles. The highest BCUT2D eigenvalue weighted by molar-refractivity contribution is 8.23. The summed E-state index contributed by atoms with van der Waals surface area (Å²) in [4.78, 5) is 16.8. The van der Waals surface area contributed by atoms with Gasteiger partial charge in [-0.1, -0.05) is 66.4 Å². The Balaban J connectivity index is 1.70. The molecule has 1 aliphatic rings. The third kappa shape index (κ3) is 2.78. The van der Waals surface area contributed by atoms with Gasteiger partial charge in [0.25, 0.3) is 5.91 Å². The van der Waals surface area contributed by atoms with Crippen LogP contribution >= 0.6 is 23.5 Å². The van der Waals surface area contributed by atoms with Gasteiger partial charge in [-0.25, -0.2) is 4.99 Å². The summed E-state index contributed by atoms with van der Waals surface area (Å²) in [5, 5.41) is 11.8. The first-order valence-corrected chi connectivity index (χ1v) is 11.0. The number of hydrogen-bond donors (Lipinski definition) is 1. The zero-order chi connectivity index (χ0) is 18.4. The fourth-order valence-corrected chi connectivity index (χ4v) is 4.91. The molecule has 0 saturated carbocycles. The minimum absolute atomic E-state index is 0.135. The largest absolute Gasteiger partial charge is 0.300 e. The number of rotatable bonds is 3. The van der Waals surface area contributed by atoms with Crippen LogP contribution in [0.4, 0.5) is 0 Å². The number of carbonyl (C=O) groups is 1. The lowest BCUT2D eigenvalue weighted by atomic mass is 9.92. The van der Waals surface area contributed by atoms with Gasteiger partial charge in [0.2, 0.25) is 0 Å². The minimum atomic E-state index is -0.135. The lowest BCUT2D eigenvalue weighted by molar-refractivity contribution is -0.115. The second-order valence-electron chi connectivity index (χ2n) is 6.46. The molecule has 132 valence electrons. The second kappa shape index (κ2) is 6.59. The molecule has 3 nitrogen and oxygen atoms in total. The summed E-state index contributed by atoms with van der Waals surface area (Å²) >= 11 is 3.26. The van der Waals surface area contributed by atoms with Gasteiger partial charge in [-0.15, -0.1) is 0 Å². The number of carbonyl (C=O) groups excluding carboxylic acids is 1. The molecule has 4 aromatic rings. The monoisotopic (exact) mass is 388 g/mol. The number of amides is 1. The van der Waals surface area contributed by atoms with E-state index in [0.29, 0.717) is 10.9 Å². The second-order valence-corrected chi connectivity index (χ2v) is 8.66. The fourth-order valence-electron chi connectivity index (χ4n) is 3.66. The number of amidine groups is 1. The van der Waals surface area contributed by atoms with Crippen LogP contribution in [0.15, 0.2) is 65.3 Å². The molecule has 0 aromatic heterocycles. The van der Waals surface area contributed by atoms with Gasteiger partial charge in [0.05, 0.1) is 0 Å². The van der Waals surface area contributed by atoms with Gasteiger partial charge in [0.1, 0.15) is 5.70 Å². The number of nitrogens with zero attached hydrogens (tertiary/aromatic N) is 1. The number of hydrogen-bond acceptors (Lipinski definition) is 4. The van der Waals surface area contributed by atoms with Crippen molar-refractivity contribution in [3.63, 3.8) is 0 Å². The molecular formula is C22H16N2OS2. The van der Waals surface area contributed by atoms with Crippen LogP contribution in [0.3, 0.4) is 0 Å². The van der Waals surface area contributed by atoms with Gasteiger partial charge in [-0.3, -0.25) is 10.1 Å². The molecule has 1 aliphatic heterocycles. The van der Waals surface area contributed by atoms with Crippen LogP contribution in [-0.2, 0) is 4.79 Å². The Kier molecular flexibility index (Phi) is 4.06. The number of thioether (sulfide) groups is 2. The fraction of sp³-hybridized carbons (Fsp3) is 0.0909. The van der Waals surface area contributed by atoms with E-state index in [1.165, 1.54) is 26.9 Å². The predicted molar refractivity (Wildman–Crippen MR) is 120 cm³/mol. The average molecular weight is 389 g/mol. The Labute approximate surface area is 165 Å². The van der Waals surface area contributed by atoms with Crippen molar-refractivity contribution in [3.8, 4) is 0 Å². The van der Waals surface area contributed by atoms with Crippen molar-refractivity contribution in [1.29, 1.82) is 0 Å². The van der Waals surface area contributed by atoms with E-state index < -0.39 is 0 Å². The molecule has 0 fully saturated rings. The highest BCUT2D eigenvalue weighted by atomic mass is 32.2. The van der Waals surface area contributed by atoms with Crippen molar-refractivity contribution in [3.05, 3.63) is 65.9 Å². The maximum absolute atomic E-state index is 12.3. The van der Waals surface area contributed by atoms with E-state index >= 15 is 0 Å². The van der Waals surface area contributed by atoms with Crippen LogP contribution in [0.2, 0.25) is 0 Å². The number of nitrogens with one attached hydrogen (secondary N) is 1. The van der Waals surface area contributed by atoms with Crippen molar-refractivity contribution >= 4 is 73.0 Å². The molecule has 1 N–H and O–H groups in total. The van der Waals surface area contributed by atoms with Crippen molar-refractivity contribution in [2.24, 2.45) is 4.99 Å². The molecule has 0 saturated heterocycles. The standard InChI is InChI=1S/C22H16N2OS2/c1-26-12-27-22-23-18(21(25)24-22)11-16-8-7-15-6-5-13-3-2-4-14-9-10-17(16)20(15)19(13)14/h2-11H,12H2,1H3,(H,23,24,25)/b18-11-. The first-order chi connectivity index (χ1) is 13.2. The van der Waals surface area contributed by atoms with E-state index in [9.17, 15) is 4.79 Å². The van der Waals surface area contributed by atoms with E-state index in [0.717, 1.165) is 16.0 Å². The Morgan fingerprint density at radius 2 is 1.67 bits per heavy atom. The maximum atomic E-state index is 12.3. The lowest BCUT2D eigenvalue weighted by Gasteiger charge is -2.12. The number of benzene rings is 4. The van der Waals surface area contributed by atoms with E-state index in [4.69, 9.17) is 0 Å². The summed E-state index contributed by atoms with van der Waals surface area (Å²) in [6.45, 7) is 0. The Bertz CT molecular complexity index is 1240. The van der Waals surface area contributed by atoms with E-state index in [2.05, 4.69) is 64.9 Å². The third-order valence-corrected chi connectivity index (χ3v) is 6.72. The normalized spacial score (nSPS) is 16.0. The summed E-state index contributed by atoms with van der Waals surface area (Å²) in [6.07, 6.45) is 3.93. The molecular weight excluding hydrogens is 372 g/mol. The SMILES string of the molecule is CSCSC1=N/C(=C\c2ccc3ccc4cccc5ccc2c3c45)C(=O)N1. The van der Waals surface area contributed by atoms with Gasteiger partial charge in [-0.05, 0) is 50.2 Å². The molecule has 0 unspecified atom stereocenters. The highest BCUT2D eigenvalue weighted by Gasteiger charge is 2.20. The molecule has 5 rings (SSSR count). The van der Waals surface area contributed by atoms with Crippen molar-refractivity contribution in [1.82, 2.24) is 5.32 Å². The van der Waals surface area contributed by atoms with Crippen molar-refractivity contribution in [2.45, 2.75) is 0 Å². The summed E-state index contributed by atoms with van der Waals surface area (Å²) in [6, 6.07) is 19.2. The van der Waals surface area contributed by atoms with Crippen molar-refractivity contribution in [2.75, 3.05) is 11.3 Å². The van der Waals surface area contributed by atoms with Crippen LogP contribution in [0, 0.1) is 0 Å². The van der Waals surface area contributed by atoms with Gasteiger partial charge >= 0.3 is 0 Å². The average Bonchev–Trinajstić information content (AvgIpc) is 3.05. The zero-order valence-electron chi connectivity index (χ0n) is 14.7. The Morgan fingerprint density at radius 3 is 2.44 bits per heavy atom. The lowest BCUT2D eigenvalue weighted by Crippen LogP contribution is -2.21. The zero-order valence-corrected chi connectivity index (χ0v) is 16.3. The summed E-state index contributed by atoms with van der Waals surface area (Å²) in [7, 11) is 0. The van der Waals surface area contributed by atoms with E-state index in [1.54, 1.807) is 23.5 Å². The molecule has 27 heavy (non-hydrogen) atoms. The summed E-state index contributed by atoms with van der Waals surface area (Å²) < 4.78 is 0. The topological polar surface area (TPSA) is 41.5 Å². The third-order valence-electron chi connectivity index (χ3n) is 4.84. The molecule has 0 radical (unpaired) electrons. The van der Waals surface area contributed by atoms with Gasteiger partial charge in [0.15, 0.2) is 5.17 Å². The molecule has 0 atom stereocenters. The molecule has 1 heterocycles. The molecule has 5 heteroatoms. The summed E-state index contributed by atoms with van der Waals surface area (Å²) in [5.41, 5.74) is 1.49. The first kappa shape index (κ1) is 16.7. The van der Waals surface area contributed by atoms with Crippen LogP contribution in [0.1, 0.15) is 5.56 Å². The Hall–Kier alpha value is -2.50. The van der Waals surface area contributed by atoms with Crippen LogP contribution in [-0.4, -0.2) is 22.4 Å². The molecule has 0 aliphatic carbocycles. The van der Waals surface area contributed by atoms with Crippen LogP contribution in [0.25, 0.3) is 38.4 Å². The van der Waals surface area contributed by atoms with E-state index in [-0.39, 0.29) is 5.91 Å². The molecule has 1 amide bonds. The smallest absolute Gasteiger partial charge is 0.275 e.